The van der Waals surface area contributed by atoms with Crippen LogP contribution in [0.5, 0.6) is 0 Å². The van der Waals surface area contributed by atoms with Crippen LogP contribution in [0, 0.1) is 6.92 Å². The monoisotopic (exact) mass is 344 g/mol. The number of carbonyl (C=O) groups is 1. The molecule has 134 valence electrons. The summed E-state index contributed by atoms with van der Waals surface area (Å²) in [7, 11) is 0. The Morgan fingerprint density at radius 1 is 1.08 bits per heavy atom. The Kier molecular flexibility index (Phi) is 4.52. The molecule has 0 radical (unpaired) electrons. The highest BCUT2D eigenvalue weighted by Gasteiger charge is 2.25. The lowest BCUT2D eigenvalue weighted by Crippen LogP contribution is -2.51. The lowest BCUT2D eigenvalue weighted by atomic mass is 10.1. The fraction of sp³-hybridized carbons (Fsp3) is 0.647. The van der Waals surface area contributed by atoms with Gasteiger partial charge in [0.25, 0.3) is 5.71 Å². The average molecular weight is 344 g/mol. The summed E-state index contributed by atoms with van der Waals surface area (Å²) in [5, 5.41) is 4.88. The van der Waals surface area contributed by atoms with Gasteiger partial charge in [-0.2, -0.15) is 4.98 Å². The normalized spacial score (nSPS) is 19.6. The van der Waals surface area contributed by atoms with Gasteiger partial charge in [-0.3, -0.25) is 9.69 Å². The van der Waals surface area contributed by atoms with E-state index in [1.54, 1.807) is 0 Å². The number of piperazine rings is 1. The summed E-state index contributed by atoms with van der Waals surface area (Å²) in [6, 6.07) is 0. The number of fused-ring (bicyclic) bond motifs is 1. The largest absolute Gasteiger partial charge is 0.353 e. The first-order chi connectivity index (χ1) is 12.2. The maximum atomic E-state index is 12.4. The number of nitrogens with zero attached hydrogens (tertiary/aromatic N) is 6. The lowest BCUT2D eigenvalue weighted by Gasteiger charge is -2.36. The number of likely N-dealkylation sites (tertiary alicyclic amines) is 1. The van der Waals surface area contributed by atoms with E-state index in [2.05, 4.69) is 24.9 Å². The number of anilines is 1. The molecule has 25 heavy (non-hydrogen) atoms. The molecule has 0 unspecified atom stereocenters. The van der Waals surface area contributed by atoms with Crippen molar-refractivity contribution in [3.8, 4) is 0 Å². The smallest absolute Gasteiger partial charge is 0.263 e. The van der Waals surface area contributed by atoms with E-state index in [0.29, 0.717) is 12.3 Å². The van der Waals surface area contributed by atoms with Gasteiger partial charge >= 0.3 is 0 Å². The van der Waals surface area contributed by atoms with Crippen molar-refractivity contribution in [3.63, 3.8) is 0 Å². The second kappa shape index (κ2) is 6.95. The number of hydrogen-bond acceptors (Lipinski definition) is 7. The van der Waals surface area contributed by atoms with Gasteiger partial charge in [0.05, 0.1) is 12.2 Å². The molecule has 2 aromatic heterocycles. The molecule has 4 heterocycles. The zero-order valence-corrected chi connectivity index (χ0v) is 14.6. The van der Waals surface area contributed by atoms with Crippen molar-refractivity contribution in [2.45, 2.75) is 26.2 Å². The summed E-state index contributed by atoms with van der Waals surface area (Å²) in [5.74, 6) is 1.15. The molecular weight excluding hydrogens is 320 g/mol. The van der Waals surface area contributed by atoms with Crippen LogP contribution in [-0.2, 0) is 4.79 Å². The van der Waals surface area contributed by atoms with Crippen LogP contribution < -0.4 is 4.90 Å². The number of rotatable bonds is 3. The lowest BCUT2D eigenvalue weighted by molar-refractivity contribution is -0.133. The zero-order chi connectivity index (χ0) is 17.2. The molecule has 0 saturated carbocycles. The van der Waals surface area contributed by atoms with E-state index in [9.17, 15) is 4.79 Å². The van der Waals surface area contributed by atoms with Crippen molar-refractivity contribution in [1.29, 1.82) is 0 Å². The van der Waals surface area contributed by atoms with Gasteiger partial charge in [0.1, 0.15) is 17.5 Å². The Balaban J connectivity index is 1.38. The first-order valence-electron chi connectivity index (χ1n) is 9.04. The average Bonchev–Trinajstić information content (AvgIpc) is 3.04. The fourth-order valence-corrected chi connectivity index (χ4v) is 3.70. The molecule has 2 aromatic rings. The Hall–Kier alpha value is -2.22. The van der Waals surface area contributed by atoms with E-state index in [4.69, 9.17) is 4.52 Å². The third-order valence-corrected chi connectivity index (χ3v) is 5.16. The summed E-state index contributed by atoms with van der Waals surface area (Å²) >= 11 is 0. The standard InChI is InChI=1S/C17H24N6O2/c1-13-15-16(18-12-19-17(15)25-20-13)23-9-7-21(8-10-23)11-14(24)22-5-3-2-4-6-22/h12H,2-11H2,1H3. The van der Waals surface area contributed by atoms with Crippen molar-refractivity contribution in [2.24, 2.45) is 0 Å². The highest BCUT2D eigenvalue weighted by atomic mass is 16.5. The van der Waals surface area contributed by atoms with Crippen molar-refractivity contribution in [3.05, 3.63) is 12.0 Å². The van der Waals surface area contributed by atoms with Crippen LogP contribution in [0.25, 0.3) is 11.1 Å². The van der Waals surface area contributed by atoms with Gasteiger partial charge in [0.15, 0.2) is 0 Å². The number of aryl methyl sites for hydroxylation is 1. The van der Waals surface area contributed by atoms with Gasteiger partial charge in [0.2, 0.25) is 5.91 Å². The second-order valence-corrected chi connectivity index (χ2v) is 6.85. The van der Waals surface area contributed by atoms with Crippen LogP contribution in [0.15, 0.2) is 10.9 Å². The van der Waals surface area contributed by atoms with Crippen LogP contribution in [0.1, 0.15) is 25.0 Å². The first-order valence-corrected chi connectivity index (χ1v) is 9.04. The van der Waals surface area contributed by atoms with Crippen molar-refractivity contribution in [1.82, 2.24) is 24.9 Å². The second-order valence-electron chi connectivity index (χ2n) is 6.85. The molecule has 2 aliphatic heterocycles. The molecule has 0 aliphatic carbocycles. The summed E-state index contributed by atoms with van der Waals surface area (Å²) in [5.41, 5.74) is 1.35. The van der Waals surface area contributed by atoms with Crippen LogP contribution >= 0.6 is 0 Å². The maximum Gasteiger partial charge on any atom is 0.263 e. The zero-order valence-electron chi connectivity index (χ0n) is 14.6. The Labute approximate surface area is 146 Å². The quantitative estimate of drug-likeness (QED) is 0.824. The van der Waals surface area contributed by atoms with E-state index in [1.807, 2.05) is 11.8 Å². The number of piperidine rings is 1. The van der Waals surface area contributed by atoms with E-state index >= 15 is 0 Å². The third kappa shape index (κ3) is 3.30. The summed E-state index contributed by atoms with van der Waals surface area (Å²) in [6.07, 6.45) is 5.05. The molecule has 0 N–H and O–H groups in total. The predicted molar refractivity (Wildman–Crippen MR) is 93.4 cm³/mol. The van der Waals surface area contributed by atoms with Gasteiger partial charge in [-0.15, -0.1) is 0 Å². The molecule has 2 saturated heterocycles. The minimum Gasteiger partial charge on any atom is -0.353 e. The van der Waals surface area contributed by atoms with Crippen LogP contribution in [0.3, 0.4) is 0 Å². The fourth-order valence-electron chi connectivity index (χ4n) is 3.70. The van der Waals surface area contributed by atoms with Gasteiger partial charge in [-0.1, -0.05) is 5.16 Å². The number of hydrogen-bond donors (Lipinski definition) is 0. The summed E-state index contributed by atoms with van der Waals surface area (Å²) < 4.78 is 5.23. The summed E-state index contributed by atoms with van der Waals surface area (Å²) in [6.45, 7) is 7.67. The van der Waals surface area contributed by atoms with E-state index < -0.39 is 0 Å². The van der Waals surface area contributed by atoms with E-state index in [0.717, 1.165) is 69.0 Å². The molecule has 8 heteroatoms. The molecule has 4 rings (SSSR count). The van der Waals surface area contributed by atoms with Crippen LogP contribution in [0.4, 0.5) is 5.82 Å². The molecule has 8 nitrogen and oxygen atoms in total. The Bertz CT molecular complexity index is 747. The van der Waals surface area contributed by atoms with Gasteiger partial charge in [0, 0.05) is 39.3 Å². The van der Waals surface area contributed by atoms with Gasteiger partial charge in [-0.25, -0.2) is 4.98 Å². The van der Waals surface area contributed by atoms with Crippen LogP contribution in [-0.4, -0.2) is 76.6 Å². The van der Waals surface area contributed by atoms with E-state index in [1.165, 1.54) is 12.7 Å². The van der Waals surface area contributed by atoms with Crippen molar-refractivity contribution in [2.75, 3.05) is 50.7 Å². The Morgan fingerprint density at radius 3 is 2.60 bits per heavy atom. The number of amides is 1. The molecule has 0 bridgehead atoms. The molecule has 2 fully saturated rings. The highest BCUT2D eigenvalue weighted by Crippen LogP contribution is 2.26. The Morgan fingerprint density at radius 2 is 1.84 bits per heavy atom. The molecule has 0 atom stereocenters. The SMILES string of the molecule is Cc1noc2ncnc(N3CCN(CC(=O)N4CCCCC4)CC3)c12. The minimum absolute atomic E-state index is 0.271. The molecule has 0 spiro atoms. The molecule has 1 amide bonds. The topological polar surface area (TPSA) is 78.6 Å². The summed E-state index contributed by atoms with van der Waals surface area (Å²) in [4.78, 5) is 27.5. The maximum absolute atomic E-state index is 12.4. The van der Waals surface area contributed by atoms with Gasteiger partial charge < -0.3 is 14.3 Å². The number of aromatic nitrogens is 3. The van der Waals surface area contributed by atoms with Crippen molar-refractivity contribution >= 4 is 22.8 Å². The molecule has 0 aromatic carbocycles. The third-order valence-electron chi connectivity index (χ3n) is 5.16. The highest BCUT2D eigenvalue weighted by molar-refractivity contribution is 5.87. The van der Waals surface area contributed by atoms with E-state index in [-0.39, 0.29) is 5.91 Å². The predicted octanol–water partition coefficient (Wildman–Crippen LogP) is 1.06. The minimum atomic E-state index is 0.271. The van der Waals surface area contributed by atoms with Crippen molar-refractivity contribution < 1.29 is 9.32 Å². The number of carbonyl (C=O) groups excluding carboxylic acids is 1. The molecular formula is C17H24N6O2. The molecule has 2 aliphatic rings. The van der Waals surface area contributed by atoms with Crippen LogP contribution in [0.2, 0.25) is 0 Å². The van der Waals surface area contributed by atoms with Gasteiger partial charge in [-0.05, 0) is 26.2 Å². The first kappa shape index (κ1) is 16.3.